The van der Waals surface area contributed by atoms with E-state index in [0.717, 1.165) is 28.8 Å². The van der Waals surface area contributed by atoms with Gasteiger partial charge in [-0.1, -0.05) is 49.2 Å². The maximum absolute atomic E-state index is 13.2. The zero-order valence-corrected chi connectivity index (χ0v) is 23.7. The van der Waals surface area contributed by atoms with Crippen LogP contribution in [-0.4, -0.2) is 27.5 Å². The molecule has 0 aliphatic rings. The molecule has 2 atom stereocenters. The van der Waals surface area contributed by atoms with Gasteiger partial charge in [-0.15, -0.1) is 0 Å². The molecule has 0 bridgehead atoms. The minimum atomic E-state index is -4.51. The van der Waals surface area contributed by atoms with Gasteiger partial charge in [0.15, 0.2) is 5.60 Å². The molecule has 3 rings (SSSR count). The zero-order chi connectivity index (χ0) is 28.7. The van der Waals surface area contributed by atoms with Gasteiger partial charge in [0, 0.05) is 41.6 Å². The molecule has 5 nitrogen and oxygen atoms in total. The standard InChI is InChI=1S/C26H26Cl2F3N3O2.C2H6/c1-15-9-17(5-7-22(15)28)10-21(18-11-20(27)14-32-12-18)16(2)34-24(35)25(3,4)36-23-8-6-19(13-33-23)26(29,30)31;1-2/h5-9,11-14,16,21H,10H2,1-4H3,(H,34,35);1-2H3. The van der Waals surface area contributed by atoms with Crippen molar-refractivity contribution in [2.24, 2.45) is 0 Å². The lowest BCUT2D eigenvalue weighted by molar-refractivity contribution is -0.138. The number of carbonyl (C=O) groups is 1. The highest BCUT2D eigenvalue weighted by Crippen LogP contribution is 2.31. The number of amides is 1. The molecular formula is C28H32Cl2F3N3O2. The molecule has 0 fully saturated rings. The van der Waals surface area contributed by atoms with E-state index in [4.69, 9.17) is 27.9 Å². The van der Waals surface area contributed by atoms with Crippen molar-refractivity contribution in [3.8, 4) is 5.88 Å². The number of hydrogen-bond donors (Lipinski definition) is 1. The first-order chi connectivity index (χ1) is 17.8. The number of hydrogen-bond acceptors (Lipinski definition) is 4. The Kier molecular flexibility index (Phi) is 11.0. The molecule has 2 unspecified atom stereocenters. The van der Waals surface area contributed by atoms with Crippen LogP contribution < -0.4 is 10.1 Å². The van der Waals surface area contributed by atoms with Crippen LogP contribution in [-0.2, 0) is 17.4 Å². The molecule has 1 aromatic carbocycles. The molecule has 0 radical (unpaired) electrons. The van der Waals surface area contributed by atoms with E-state index >= 15 is 0 Å². The highest BCUT2D eigenvalue weighted by atomic mass is 35.5. The van der Waals surface area contributed by atoms with Crippen molar-refractivity contribution in [1.82, 2.24) is 15.3 Å². The molecule has 206 valence electrons. The SMILES string of the molecule is CC.Cc1cc(CC(c2cncc(Cl)c2)C(C)NC(=O)C(C)(C)Oc2ccc(C(F)(F)F)cn2)ccc1Cl. The number of pyridine rings is 2. The van der Waals surface area contributed by atoms with Crippen LogP contribution in [0.15, 0.2) is 55.0 Å². The summed E-state index contributed by atoms with van der Waals surface area (Å²) in [5, 5.41) is 4.11. The molecular weight excluding hydrogens is 538 g/mol. The Labute approximate surface area is 231 Å². The lowest BCUT2D eigenvalue weighted by Gasteiger charge is -2.30. The number of halogens is 5. The molecule has 0 saturated heterocycles. The summed E-state index contributed by atoms with van der Waals surface area (Å²) in [5.74, 6) is -0.743. The van der Waals surface area contributed by atoms with Crippen LogP contribution in [0, 0.1) is 6.92 Å². The summed E-state index contributed by atoms with van der Waals surface area (Å²) >= 11 is 12.4. The normalized spacial score (nSPS) is 13.1. The van der Waals surface area contributed by atoms with Gasteiger partial charge < -0.3 is 10.1 Å². The first kappa shape index (κ1) is 31.4. The Balaban J connectivity index is 0.00000247. The highest BCUT2D eigenvalue weighted by molar-refractivity contribution is 6.31. The molecule has 1 amide bonds. The summed E-state index contributed by atoms with van der Waals surface area (Å²) in [6.07, 6.45) is -0.0340. The van der Waals surface area contributed by atoms with Crippen LogP contribution in [0.3, 0.4) is 0 Å². The second-order valence-electron chi connectivity index (χ2n) is 9.09. The summed E-state index contributed by atoms with van der Waals surface area (Å²) in [7, 11) is 0. The van der Waals surface area contributed by atoms with Crippen LogP contribution in [0.4, 0.5) is 13.2 Å². The molecule has 0 aliphatic heterocycles. The average Bonchev–Trinajstić information content (AvgIpc) is 2.85. The Bertz CT molecular complexity index is 1220. The van der Waals surface area contributed by atoms with E-state index < -0.39 is 23.2 Å². The number of ether oxygens (including phenoxy) is 1. The Morgan fingerprint density at radius 1 is 1.05 bits per heavy atom. The first-order valence-electron chi connectivity index (χ1n) is 12.1. The van der Waals surface area contributed by atoms with Gasteiger partial charge in [-0.2, -0.15) is 13.2 Å². The van der Waals surface area contributed by atoms with Crippen molar-refractivity contribution in [3.63, 3.8) is 0 Å². The van der Waals surface area contributed by atoms with Crippen molar-refractivity contribution in [2.45, 2.75) is 71.7 Å². The number of nitrogens with one attached hydrogen (secondary N) is 1. The third-order valence-corrected chi connectivity index (χ3v) is 6.40. The second kappa shape index (κ2) is 13.3. The second-order valence-corrected chi connectivity index (χ2v) is 9.93. The number of rotatable bonds is 8. The van der Waals surface area contributed by atoms with Gasteiger partial charge in [0.1, 0.15) is 0 Å². The van der Waals surface area contributed by atoms with Gasteiger partial charge in [-0.3, -0.25) is 9.78 Å². The van der Waals surface area contributed by atoms with Gasteiger partial charge in [0.25, 0.3) is 5.91 Å². The first-order valence-corrected chi connectivity index (χ1v) is 12.9. The Morgan fingerprint density at radius 2 is 1.74 bits per heavy atom. The molecule has 38 heavy (non-hydrogen) atoms. The number of benzene rings is 1. The van der Waals surface area contributed by atoms with E-state index in [1.54, 1.807) is 12.3 Å². The maximum Gasteiger partial charge on any atom is 0.417 e. The lowest BCUT2D eigenvalue weighted by atomic mass is 9.86. The molecule has 0 aliphatic carbocycles. The minimum Gasteiger partial charge on any atom is -0.462 e. The van der Waals surface area contributed by atoms with Crippen molar-refractivity contribution < 1.29 is 22.7 Å². The maximum atomic E-state index is 13.2. The number of nitrogens with zero attached hydrogens (tertiary/aromatic N) is 2. The van der Waals surface area contributed by atoms with Crippen molar-refractivity contribution >= 4 is 29.1 Å². The number of aromatic nitrogens is 2. The molecule has 0 spiro atoms. The fourth-order valence-electron chi connectivity index (χ4n) is 3.70. The van der Waals surface area contributed by atoms with E-state index in [2.05, 4.69) is 15.3 Å². The lowest BCUT2D eigenvalue weighted by Crippen LogP contribution is -2.51. The fourth-order valence-corrected chi connectivity index (χ4v) is 4.00. The quantitative estimate of drug-likeness (QED) is 0.300. The summed E-state index contributed by atoms with van der Waals surface area (Å²) in [5.41, 5.74) is 0.488. The third-order valence-electron chi connectivity index (χ3n) is 5.76. The van der Waals surface area contributed by atoms with Crippen molar-refractivity contribution in [1.29, 1.82) is 0 Å². The van der Waals surface area contributed by atoms with E-state index in [1.165, 1.54) is 20.0 Å². The van der Waals surface area contributed by atoms with E-state index in [9.17, 15) is 18.0 Å². The Hall–Kier alpha value is -2.84. The van der Waals surface area contributed by atoms with E-state index in [-0.39, 0.29) is 17.8 Å². The fraction of sp³-hybridized carbons (Fsp3) is 0.393. The number of carbonyl (C=O) groups excluding carboxylic acids is 1. The monoisotopic (exact) mass is 569 g/mol. The van der Waals surface area contributed by atoms with Crippen LogP contribution in [0.2, 0.25) is 10.0 Å². The van der Waals surface area contributed by atoms with Crippen LogP contribution in [0.5, 0.6) is 5.88 Å². The van der Waals surface area contributed by atoms with Crippen molar-refractivity contribution in [3.05, 3.63) is 87.3 Å². The topological polar surface area (TPSA) is 64.1 Å². The molecule has 10 heteroatoms. The summed E-state index contributed by atoms with van der Waals surface area (Å²) < 4.78 is 44.1. The van der Waals surface area contributed by atoms with Gasteiger partial charge in [-0.05, 0) is 69.0 Å². The summed E-state index contributed by atoms with van der Waals surface area (Å²) in [6.45, 7) is 10.8. The third kappa shape index (κ3) is 8.60. The number of alkyl halides is 3. The molecule has 2 aromatic heterocycles. The van der Waals surface area contributed by atoms with Gasteiger partial charge in [0.05, 0.1) is 10.6 Å². The molecule has 2 heterocycles. The number of aryl methyl sites for hydroxylation is 1. The largest absolute Gasteiger partial charge is 0.462 e. The predicted octanol–water partition coefficient (Wildman–Crippen LogP) is 7.83. The summed E-state index contributed by atoms with van der Waals surface area (Å²) in [6, 6.07) is 9.12. The van der Waals surface area contributed by atoms with Crippen LogP contribution in [0.25, 0.3) is 0 Å². The minimum absolute atomic E-state index is 0.0944. The van der Waals surface area contributed by atoms with Crippen LogP contribution >= 0.6 is 23.2 Å². The predicted molar refractivity (Wildman–Crippen MR) is 145 cm³/mol. The summed E-state index contributed by atoms with van der Waals surface area (Å²) in [4.78, 5) is 21.0. The van der Waals surface area contributed by atoms with Crippen LogP contribution in [0.1, 0.15) is 62.8 Å². The van der Waals surface area contributed by atoms with Gasteiger partial charge in [0.2, 0.25) is 5.88 Å². The van der Waals surface area contributed by atoms with E-state index in [0.29, 0.717) is 22.7 Å². The van der Waals surface area contributed by atoms with Crippen molar-refractivity contribution in [2.75, 3.05) is 0 Å². The smallest absolute Gasteiger partial charge is 0.417 e. The molecule has 1 N–H and O–H groups in total. The molecule has 0 saturated carbocycles. The Morgan fingerprint density at radius 3 is 2.29 bits per heavy atom. The average molecular weight is 570 g/mol. The molecule has 3 aromatic rings. The van der Waals surface area contributed by atoms with E-state index in [1.807, 2.05) is 45.9 Å². The highest BCUT2D eigenvalue weighted by Gasteiger charge is 2.34. The van der Waals surface area contributed by atoms with Gasteiger partial charge >= 0.3 is 6.18 Å². The zero-order valence-electron chi connectivity index (χ0n) is 22.2. The van der Waals surface area contributed by atoms with Gasteiger partial charge in [-0.25, -0.2) is 4.98 Å².